The number of nitrogens with zero attached hydrogens (tertiary/aromatic N) is 2. The van der Waals surface area contributed by atoms with Crippen LogP contribution >= 0.6 is 22.6 Å². The lowest BCUT2D eigenvalue weighted by Crippen LogP contribution is -2.22. The number of carbonyl (C=O) groups is 2. The number of hydrogen-bond acceptors (Lipinski definition) is 8. The van der Waals surface area contributed by atoms with Gasteiger partial charge in [0, 0.05) is 35.2 Å². The second kappa shape index (κ2) is 16.7. The van der Waals surface area contributed by atoms with Crippen LogP contribution in [0.15, 0.2) is 95.2 Å². The van der Waals surface area contributed by atoms with Gasteiger partial charge in [-0.05, 0) is 71.6 Å². The highest BCUT2D eigenvalue weighted by molar-refractivity contribution is 14.1. The van der Waals surface area contributed by atoms with Crippen LogP contribution in [-0.4, -0.2) is 43.8 Å². The first-order valence-electron chi connectivity index (χ1n) is 14.6. The predicted molar refractivity (Wildman–Crippen MR) is 182 cm³/mol. The van der Waals surface area contributed by atoms with Crippen molar-refractivity contribution >= 4 is 57.7 Å². The van der Waals surface area contributed by atoms with E-state index < -0.39 is 57.1 Å². The largest absolute Gasteiger partial charge is 0.490 e. The molecule has 0 aromatic heterocycles. The van der Waals surface area contributed by atoms with Crippen molar-refractivity contribution in [2.45, 2.75) is 29.8 Å². The summed E-state index contributed by atoms with van der Waals surface area (Å²) in [5, 5.41) is 8.98. The summed E-state index contributed by atoms with van der Waals surface area (Å²) < 4.78 is 100. The average molecular weight is 813 g/mol. The van der Waals surface area contributed by atoms with Crippen LogP contribution in [-0.2, 0) is 24.6 Å². The number of fused-ring (bicyclic) bond motifs is 1. The molecule has 4 aromatic carbocycles. The van der Waals surface area contributed by atoms with Crippen molar-refractivity contribution in [3.05, 3.63) is 113 Å². The second-order valence-corrected chi connectivity index (χ2v) is 11.7. The molecule has 4 aromatic rings. The quantitative estimate of drug-likeness (QED) is 0.0146. The molecule has 0 amide bonds. The average Bonchev–Trinajstić information content (AvgIpc) is 3.07. The fourth-order valence-electron chi connectivity index (χ4n) is 4.30. The van der Waals surface area contributed by atoms with Crippen LogP contribution < -0.4 is 14.2 Å². The number of hydrogen-bond donors (Lipinski definition) is 0. The smallest absolute Gasteiger partial charge is 0.422 e. The van der Waals surface area contributed by atoms with Crippen molar-refractivity contribution in [3.8, 4) is 17.2 Å². The highest BCUT2D eigenvalue weighted by Gasteiger charge is 2.38. The van der Waals surface area contributed by atoms with E-state index in [1.807, 2.05) is 0 Å². The first-order chi connectivity index (χ1) is 23.7. The van der Waals surface area contributed by atoms with Crippen LogP contribution in [0.25, 0.3) is 10.8 Å². The van der Waals surface area contributed by atoms with Gasteiger partial charge in [0.1, 0.15) is 30.3 Å². The van der Waals surface area contributed by atoms with Crippen molar-refractivity contribution in [3.63, 3.8) is 0 Å². The van der Waals surface area contributed by atoms with Crippen LogP contribution in [0.5, 0.6) is 17.2 Å². The molecule has 0 aliphatic rings. The minimum absolute atomic E-state index is 0.0153. The third-order valence-electron chi connectivity index (χ3n) is 6.75. The van der Waals surface area contributed by atoms with E-state index in [0.717, 1.165) is 28.5 Å². The lowest BCUT2D eigenvalue weighted by atomic mass is 10.0. The summed E-state index contributed by atoms with van der Waals surface area (Å²) in [6, 6.07) is 18.2. The maximum atomic E-state index is 15.5. The van der Waals surface area contributed by atoms with Crippen LogP contribution in [0.1, 0.15) is 30.0 Å². The highest BCUT2D eigenvalue weighted by atomic mass is 127. The molecular formula is C35H27F6IN2O6. The fraction of sp³-hybridized carbons (Fsp3) is 0.200. The van der Waals surface area contributed by atoms with E-state index in [4.69, 9.17) is 14.2 Å². The maximum Gasteiger partial charge on any atom is 0.422 e. The van der Waals surface area contributed by atoms with Crippen LogP contribution in [0.4, 0.5) is 26.3 Å². The number of aryl methyl sites for hydroxylation is 1. The van der Waals surface area contributed by atoms with E-state index in [1.54, 1.807) is 55.5 Å². The van der Waals surface area contributed by atoms with E-state index in [2.05, 4.69) is 21.5 Å². The van der Waals surface area contributed by atoms with Crippen LogP contribution in [0.3, 0.4) is 0 Å². The molecule has 0 radical (unpaired) electrons. The summed E-state index contributed by atoms with van der Waals surface area (Å²) in [7, 11) is 0. The minimum atomic E-state index is -4.88. The molecule has 0 spiro atoms. The van der Waals surface area contributed by atoms with E-state index in [1.165, 1.54) is 47.2 Å². The molecule has 1 atom stereocenters. The van der Waals surface area contributed by atoms with Crippen LogP contribution in [0.2, 0.25) is 0 Å². The molecule has 262 valence electrons. The van der Waals surface area contributed by atoms with Gasteiger partial charge in [0.2, 0.25) is 5.82 Å². The Kier molecular flexibility index (Phi) is 12.6. The second-order valence-electron chi connectivity index (χ2n) is 10.3. The molecule has 0 fully saturated rings. The van der Waals surface area contributed by atoms with Crippen molar-refractivity contribution in [1.29, 1.82) is 0 Å². The number of carbonyl (C=O) groups excluding carboxylic acids is 2. The molecule has 0 heterocycles. The zero-order chi connectivity index (χ0) is 36.5. The first kappa shape index (κ1) is 37.9. The molecule has 1 unspecified atom stereocenters. The topological polar surface area (TPSA) is 95.8 Å². The molecular weight excluding hydrogens is 785 g/mol. The van der Waals surface area contributed by atoms with E-state index in [0.29, 0.717) is 11.3 Å². The molecule has 50 heavy (non-hydrogen) atoms. The Morgan fingerprint density at radius 3 is 2.36 bits per heavy atom. The Hall–Kier alpha value is -4.93. The maximum absolute atomic E-state index is 15.5. The number of halogens is 7. The number of rotatable bonds is 14. The van der Waals surface area contributed by atoms with Crippen molar-refractivity contribution in [2.75, 3.05) is 13.2 Å². The third kappa shape index (κ3) is 10.3. The van der Waals surface area contributed by atoms with Gasteiger partial charge in [0.05, 0.1) is 11.8 Å². The summed E-state index contributed by atoms with van der Waals surface area (Å²) in [6.45, 7) is 3.72. The summed E-state index contributed by atoms with van der Waals surface area (Å²) >= 11 is 1.19. The molecule has 0 N–H and O–H groups in total. The minimum Gasteiger partial charge on any atom is -0.490 e. The highest BCUT2D eigenvalue weighted by Crippen LogP contribution is 2.40. The molecule has 4 rings (SSSR count). The zero-order valence-corrected chi connectivity index (χ0v) is 28.3. The van der Waals surface area contributed by atoms with Gasteiger partial charge in [0.25, 0.3) is 0 Å². The third-order valence-corrected chi connectivity index (χ3v) is 7.55. The summed E-state index contributed by atoms with van der Waals surface area (Å²) in [5.74, 6) is -5.93. The van der Waals surface area contributed by atoms with Gasteiger partial charge >= 0.3 is 22.0 Å². The summed E-state index contributed by atoms with van der Waals surface area (Å²) in [4.78, 5) is 23.9. The molecule has 0 bridgehead atoms. The lowest BCUT2D eigenvalue weighted by molar-refractivity contribution is -0.151. The van der Waals surface area contributed by atoms with Gasteiger partial charge in [-0.2, -0.15) is 32.2 Å². The Balaban J connectivity index is 1.31. The molecule has 15 heteroatoms. The fourth-order valence-corrected chi connectivity index (χ4v) is 4.97. The van der Waals surface area contributed by atoms with Gasteiger partial charge in [-0.15, -0.1) is 0 Å². The van der Waals surface area contributed by atoms with Gasteiger partial charge in [0.15, 0.2) is 11.6 Å². The number of benzene rings is 4. The Morgan fingerprint density at radius 1 is 0.880 bits per heavy atom. The number of alkyl halides is 5. The van der Waals surface area contributed by atoms with Gasteiger partial charge < -0.3 is 18.9 Å². The number of esters is 2. The van der Waals surface area contributed by atoms with Gasteiger partial charge in [-0.25, -0.2) is 9.18 Å². The molecule has 0 saturated heterocycles. The van der Waals surface area contributed by atoms with Crippen molar-refractivity contribution < 1.29 is 54.9 Å². The number of ether oxygens (including phenoxy) is 4. The molecule has 0 aliphatic carbocycles. The SMILES string of the molecule is C=C(C(=O)OCCOc1ccc2cc(CCC(=O)Oc3ccc(C(F)(I)Oc4cccc(/C=N/N=C/C)c4)c(F)c3F)ccc2c1)C(F)(F)F. The summed E-state index contributed by atoms with van der Waals surface area (Å²) in [5.41, 5.74) is -1.12. The van der Waals surface area contributed by atoms with Gasteiger partial charge in [-0.1, -0.05) is 43.0 Å². The van der Waals surface area contributed by atoms with Crippen LogP contribution in [0, 0.1) is 11.6 Å². The monoisotopic (exact) mass is 812 g/mol. The zero-order valence-electron chi connectivity index (χ0n) is 26.1. The predicted octanol–water partition coefficient (Wildman–Crippen LogP) is 8.72. The molecule has 0 aliphatic heterocycles. The Morgan fingerprint density at radius 2 is 1.62 bits per heavy atom. The summed E-state index contributed by atoms with van der Waals surface area (Å²) in [6.07, 6.45) is -2.02. The molecule has 0 saturated carbocycles. The Bertz CT molecular complexity index is 1950. The molecule has 8 nitrogen and oxygen atoms in total. The van der Waals surface area contributed by atoms with Gasteiger partial charge in [-0.3, -0.25) is 4.79 Å². The lowest BCUT2D eigenvalue weighted by Gasteiger charge is -2.22. The van der Waals surface area contributed by atoms with Crippen molar-refractivity contribution in [1.82, 2.24) is 0 Å². The Labute approximate surface area is 295 Å². The van der Waals surface area contributed by atoms with E-state index >= 15 is 8.78 Å². The standard InChI is InChI=1S/C35H27F6IN2O6/c1-3-43-44-20-23-5-4-6-27(18-23)50-35(41,42)28-12-13-29(32(37)31(28)36)49-30(45)14-8-22-7-9-25-19-26(11-10-24(25)17-22)47-15-16-48-33(46)21(2)34(38,39)40/h3-7,9-13,17-20H,2,8,14-16H2,1H3/b43-3+,44-20+. The van der Waals surface area contributed by atoms with Crippen molar-refractivity contribution in [2.24, 2.45) is 10.2 Å². The van der Waals surface area contributed by atoms with E-state index in [-0.39, 0.29) is 25.2 Å². The first-order valence-corrected chi connectivity index (χ1v) is 15.7. The van der Waals surface area contributed by atoms with E-state index in [9.17, 15) is 27.2 Å². The normalized spacial score (nSPS) is 13.0.